The van der Waals surface area contributed by atoms with Crippen LogP contribution in [0.15, 0.2) is 41.3 Å². The van der Waals surface area contributed by atoms with Gasteiger partial charge in [-0.25, -0.2) is 0 Å². The summed E-state index contributed by atoms with van der Waals surface area (Å²) in [4.78, 5) is 27.7. The van der Waals surface area contributed by atoms with E-state index in [-0.39, 0.29) is 11.5 Å². The fourth-order valence-corrected chi connectivity index (χ4v) is 2.54. The fraction of sp³-hybridized carbons (Fsp3) is 0.200. The molecule has 0 bridgehead atoms. The molecule has 102 valence electrons. The van der Waals surface area contributed by atoms with Crippen molar-refractivity contribution in [3.8, 4) is 0 Å². The van der Waals surface area contributed by atoms with Crippen LogP contribution in [0.5, 0.6) is 0 Å². The average molecular weight is 269 g/mol. The number of nitrogen functional groups attached to an aromatic ring is 1. The Morgan fingerprint density at radius 3 is 2.85 bits per heavy atom. The molecule has 0 unspecified atom stereocenters. The van der Waals surface area contributed by atoms with Gasteiger partial charge in [0.15, 0.2) is 0 Å². The number of nitrogens with zero attached hydrogens (tertiary/aromatic N) is 1. The van der Waals surface area contributed by atoms with Crippen LogP contribution in [0.1, 0.15) is 21.5 Å². The summed E-state index contributed by atoms with van der Waals surface area (Å²) in [6.07, 6.45) is 2.22. The number of aromatic amines is 1. The first-order valence-electron chi connectivity index (χ1n) is 6.49. The second-order valence-electron chi connectivity index (χ2n) is 4.90. The number of pyridine rings is 1. The third kappa shape index (κ3) is 2.18. The number of nitrogens with two attached hydrogens (primary N) is 1. The molecule has 0 atom stereocenters. The van der Waals surface area contributed by atoms with Crippen LogP contribution in [-0.2, 0) is 13.0 Å². The molecule has 5 nitrogen and oxygen atoms in total. The van der Waals surface area contributed by atoms with E-state index in [0.29, 0.717) is 18.7 Å². The van der Waals surface area contributed by atoms with Crippen LogP contribution in [0, 0.1) is 0 Å². The van der Waals surface area contributed by atoms with E-state index in [1.807, 2.05) is 18.2 Å². The molecular formula is C15H15N3O2. The number of rotatable bonds is 1. The minimum Gasteiger partial charge on any atom is -0.398 e. The van der Waals surface area contributed by atoms with Crippen molar-refractivity contribution in [3.05, 3.63) is 63.6 Å². The molecule has 1 aromatic heterocycles. The molecule has 0 radical (unpaired) electrons. The van der Waals surface area contributed by atoms with Gasteiger partial charge in [-0.1, -0.05) is 12.1 Å². The summed E-state index contributed by atoms with van der Waals surface area (Å²) < 4.78 is 0. The number of benzene rings is 1. The van der Waals surface area contributed by atoms with Crippen molar-refractivity contribution < 1.29 is 4.79 Å². The van der Waals surface area contributed by atoms with Crippen LogP contribution >= 0.6 is 0 Å². The van der Waals surface area contributed by atoms with Crippen molar-refractivity contribution >= 4 is 11.6 Å². The highest BCUT2D eigenvalue weighted by Gasteiger charge is 2.22. The van der Waals surface area contributed by atoms with Crippen LogP contribution in [0.2, 0.25) is 0 Å². The summed E-state index contributed by atoms with van der Waals surface area (Å²) in [5.41, 5.74) is 9.25. The average Bonchev–Trinajstić information content (AvgIpc) is 2.47. The Bertz CT molecular complexity index is 701. The molecule has 0 fully saturated rings. The molecule has 1 amide bonds. The lowest BCUT2D eigenvalue weighted by atomic mass is 9.97. The predicted molar refractivity (Wildman–Crippen MR) is 76.4 cm³/mol. The zero-order valence-corrected chi connectivity index (χ0v) is 10.9. The van der Waals surface area contributed by atoms with Crippen LogP contribution in [-0.4, -0.2) is 22.3 Å². The molecule has 2 aromatic rings. The van der Waals surface area contributed by atoms with Gasteiger partial charge in [-0.15, -0.1) is 0 Å². The predicted octanol–water partition coefficient (Wildman–Crippen LogP) is 1.16. The maximum atomic E-state index is 12.4. The molecule has 3 N–H and O–H groups in total. The van der Waals surface area contributed by atoms with Gasteiger partial charge in [0, 0.05) is 31.0 Å². The molecule has 1 aliphatic heterocycles. The van der Waals surface area contributed by atoms with E-state index >= 15 is 0 Å². The number of anilines is 1. The second-order valence-corrected chi connectivity index (χ2v) is 4.90. The van der Waals surface area contributed by atoms with Crippen molar-refractivity contribution in [1.82, 2.24) is 9.88 Å². The molecule has 1 aliphatic rings. The molecule has 2 heterocycles. The number of hydrogen-bond acceptors (Lipinski definition) is 3. The number of hydrogen-bond donors (Lipinski definition) is 2. The Kier molecular flexibility index (Phi) is 3.02. The summed E-state index contributed by atoms with van der Waals surface area (Å²) in [6, 6.07) is 8.71. The van der Waals surface area contributed by atoms with E-state index in [0.717, 1.165) is 23.2 Å². The maximum absolute atomic E-state index is 12.4. The number of carbonyl (C=O) groups excluding carboxylic acids is 1. The van der Waals surface area contributed by atoms with Crippen molar-refractivity contribution in [2.24, 2.45) is 0 Å². The second kappa shape index (κ2) is 4.85. The van der Waals surface area contributed by atoms with Gasteiger partial charge in [0.1, 0.15) is 0 Å². The van der Waals surface area contributed by atoms with Crippen molar-refractivity contribution in [1.29, 1.82) is 0 Å². The minimum absolute atomic E-state index is 0.0747. The van der Waals surface area contributed by atoms with Gasteiger partial charge in [-0.3, -0.25) is 9.59 Å². The molecule has 3 rings (SSSR count). The largest absolute Gasteiger partial charge is 0.398 e. The molecule has 0 aliphatic carbocycles. The van der Waals surface area contributed by atoms with E-state index in [9.17, 15) is 9.59 Å². The van der Waals surface area contributed by atoms with Gasteiger partial charge < -0.3 is 15.6 Å². The number of nitrogens with one attached hydrogen (secondary N) is 1. The molecule has 20 heavy (non-hydrogen) atoms. The molecule has 0 saturated carbocycles. The third-order valence-electron chi connectivity index (χ3n) is 3.62. The standard InChI is InChI=1S/C15H15N3O2/c16-13-3-1-2-11-9-18(7-6-12(11)13)15(20)10-4-5-14(19)17-8-10/h1-5,8H,6-7,9,16H2,(H,17,19). The first-order chi connectivity index (χ1) is 9.65. The lowest BCUT2D eigenvalue weighted by Gasteiger charge is -2.29. The van der Waals surface area contributed by atoms with Crippen molar-refractivity contribution in [3.63, 3.8) is 0 Å². The zero-order valence-electron chi connectivity index (χ0n) is 10.9. The van der Waals surface area contributed by atoms with Crippen molar-refractivity contribution in [2.45, 2.75) is 13.0 Å². The molecule has 5 heteroatoms. The Hall–Kier alpha value is -2.56. The van der Waals surface area contributed by atoms with Crippen LogP contribution in [0.3, 0.4) is 0 Å². The summed E-state index contributed by atoms with van der Waals surface area (Å²) in [7, 11) is 0. The van der Waals surface area contributed by atoms with Crippen molar-refractivity contribution in [2.75, 3.05) is 12.3 Å². The first-order valence-corrected chi connectivity index (χ1v) is 6.49. The van der Waals surface area contributed by atoms with Crippen LogP contribution in [0.4, 0.5) is 5.69 Å². The number of H-pyrrole nitrogens is 1. The molecular weight excluding hydrogens is 254 g/mol. The highest BCUT2D eigenvalue weighted by molar-refractivity contribution is 5.94. The Balaban J connectivity index is 1.85. The Morgan fingerprint density at radius 2 is 2.10 bits per heavy atom. The van der Waals surface area contributed by atoms with Gasteiger partial charge in [0.25, 0.3) is 5.91 Å². The topological polar surface area (TPSA) is 79.2 Å². The fourth-order valence-electron chi connectivity index (χ4n) is 2.54. The van der Waals surface area contributed by atoms with E-state index < -0.39 is 0 Å². The zero-order chi connectivity index (χ0) is 14.1. The summed E-state index contributed by atoms with van der Waals surface area (Å²) >= 11 is 0. The van der Waals surface area contributed by atoms with Gasteiger partial charge in [0.2, 0.25) is 5.56 Å². The van der Waals surface area contributed by atoms with E-state index in [1.165, 1.54) is 12.3 Å². The van der Waals surface area contributed by atoms with E-state index in [4.69, 9.17) is 5.73 Å². The third-order valence-corrected chi connectivity index (χ3v) is 3.62. The highest BCUT2D eigenvalue weighted by Crippen LogP contribution is 2.24. The summed E-state index contributed by atoms with van der Waals surface area (Å²) in [5.74, 6) is -0.0747. The monoisotopic (exact) mass is 269 g/mol. The highest BCUT2D eigenvalue weighted by atomic mass is 16.2. The molecule has 1 aromatic carbocycles. The van der Waals surface area contributed by atoms with Gasteiger partial charge in [-0.05, 0) is 29.7 Å². The number of fused-ring (bicyclic) bond motifs is 1. The maximum Gasteiger partial charge on any atom is 0.255 e. The summed E-state index contributed by atoms with van der Waals surface area (Å²) in [6.45, 7) is 1.19. The van der Waals surface area contributed by atoms with Gasteiger partial charge in [0.05, 0.1) is 5.56 Å². The molecule has 0 saturated heterocycles. The normalized spacial score (nSPS) is 13.9. The smallest absolute Gasteiger partial charge is 0.255 e. The van der Waals surface area contributed by atoms with Gasteiger partial charge >= 0.3 is 0 Å². The lowest BCUT2D eigenvalue weighted by Crippen LogP contribution is -2.36. The Morgan fingerprint density at radius 1 is 1.25 bits per heavy atom. The SMILES string of the molecule is Nc1cccc2c1CCN(C(=O)c1ccc(=O)[nH]c1)C2. The number of carbonyl (C=O) groups is 1. The van der Waals surface area contributed by atoms with E-state index in [1.54, 1.807) is 11.0 Å². The summed E-state index contributed by atoms with van der Waals surface area (Å²) in [5, 5.41) is 0. The van der Waals surface area contributed by atoms with Crippen LogP contribution < -0.4 is 11.3 Å². The Labute approximate surface area is 116 Å². The van der Waals surface area contributed by atoms with Crippen LogP contribution in [0.25, 0.3) is 0 Å². The number of amides is 1. The minimum atomic E-state index is -0.210. The quantitative estimate of drug-likeness (QED) is 0.762. The first kappa shape index (κ1) is 12.5. The lowest BCUT2D eigenvalue weighted by molar-refractivity contribution is 0.0734. The van der Waals surface area contributed by atoms with Gasteiger partial charge in [-0.2, -0.15) is 0 Å². The number of aromatic nitrogens is 1. The van der Waals surface area contributed by atoms with E-state index in [2.05, 4.69) is 4.98 Å². The molecule has 0 spiro atoms.